The predicted molar refractivity (Wildman–Crippen MR) is 98.4 cm³/mol. The SMILES string of the molecule is CCC(CC)COC(=O)c1ccc(N=Nc2cc(C#N)c(N)s2)cc1. The van der Waals surface area contributed by atoms with Gasteiger partial charge in [-0.05, 0) is 36.2 Å². The Bertz CT molecular complexity index is 786. The van der Waals surface area contributed by atoms with E-state index in [1.807, 2.05) is 6.07 Å². The molecule has 0 spiro atoms. The van der Waals surface area contributed by atoms with E-state index in [0.29, 0.717) is 39.3 Å². The van der Waals surface area contributed by atoms with E-state index in [1.165, 1.54) is 11.3 Å². The van der Waals surface area contributed by atoms with Gasteiger partial charge in [0, 0.05) is 0 Å². The van der Waals surface area contributed by atoms with Crippen molar-refractivity contribution in [2.45, 2.75) is 26.7 Å². The summed E-state index contributed by atoms with van der Waals surface area (Å²) >= 11 is 1.20. The molecule has 2 rings (SSSR count). The quantitative estimate of drug-likeness (QED) is 0.543. The van der Waals surface area contributed by atoms with Crippen LogP contribution < -0.4 is 5.73 Å². The maximum absolute atomic E-state index is 12.0. The number of nitriles is 1. The van der Waals surface area contributed by atoms with Gasteiger partial charge >= 0.3 is 5.97 Å². The van der Waals surface area contributed by atoms with Crippen LogP contribution in [-0.4, -0.2) is 12.6 Å². The molecular formula is C18H20N4O2S. The minimum atomic E-state index is -0.333. The third kappa shape index (κ3) is 5.13. The summed E-state index contributed by atoms with van der Waals surface area (Å²) < 4.78 is 5.33. The summed E-state index contributed by atoms with van der Waals surface area (Å²) in [6.45, 7) is 4.61. The molecule has 2 N–H and O–H groups in total. The van der Waals surface area contributed by atoms with Crippen molar-refractivity contribution in [2.75, 3.05) is 12.3 Å². The zero-order valence-corrected chi connectivity index (χ0v) is 15.0. The molecule has 1 aromatic carbocycles. The smallest absolute Gasteiger partial charge is 0.338 e. The highest BCUT2D eigenvalue weighted by Gasteiger charge is 2.10. The summed E-state index contributed by atoms with van der Waals surface area (Å²) in [4.78, 5) is 12.0. The Morgan fingerprint density at radius 3 is 2.52 bits per heavy atom. The van der Waals surface area contributed by atoms with Gasteiger partial charge in [-0.3, -0.25) is 0 Å². The molecule has 0 fully saturated rings. The molecule has 1 aromatic heterocycles. The lowest BCUT2D eigenvalue weighted by atomic mass is 10.1. The number of esters is 1. The van der Waals surface area contributed by atoms with Crippen molar-refractivity contribution in [3.8, 4) is 6.07 Å². The highest BCUT2D eigenvalue weighted by atomic mass is 32.1. The first-order chi connectivity index (χ1) is 12.1. The van der Waals surface area contributed by atoms with Gasteiger partial charge < -0.3 is 10.5 Å². The highest BCUT2D eigenvalue weighted by Crippen LogP contribution is 2.32. The molecule has 0 radical (unpaired) electrons. The van der Waals surface area contributed by atoms with E-state index >= 15 is 0 Å². The normalized spacial score (nSPS) is 11.0. The number of rotatable bonds is 7. The lowest BCUT2D eigenvalue weighted by molar-refractivity contribution is 0.0433. The third-order valence-corrected chi connectivity index (χ3v) is 4.69. The number of nitrogen functional groups attached to an aromatic ring is 1. The number of ether oxygens (including phenoxy) is 1. The minimum absolute atomic E-state index is 0.333. The molecule has 0 aliphatic rings. The number of carbonyl (C=O) groups is 1. The Labute approximate surface area is 151 Å². The number of nitrogens with two attached hydrogens (primary N) is 1. The first kappa shape index (κ1) is 18.6. The van der Waals surface area contributed by atoms with E-state index in [0.717, 1.165) is 12.8 Å². The zero-order chi connectivity index (χ0) is 18.2. The maximum atomic E-state index is 12.0. The van der Waals surface area contributed by atoms with Crippen LogP contribution in [0.1, 0.15) is 42.6 Å². The van der Waals surface area contributed by atoms with Crippen molar-refractivity contribution >= 4 is 33.0 Å². The average molecular weight is 356 g/mol. The number of anilines is 1. The number of hydrogen-bond donors (Lipinski definition) is 1. The van der Waals surface area contributed by atoms with E-state index in [1.54, 1.807) is 30.3 Å². The molecule has 0 unspecified atom stereocenters. The van der Waals surface area contributed by atoms with Crippen molar-refractivity contribution < 1.29 is 9.53 Å². The van der Waals surface area contributed by atoms with Crippen molar-refractivity contribution in [3.63, 3.8) is 0 Å². The second-order valence-corrected chi connectivity index (χ2v) is 6.56. The third-order valence-electron chi connectivity index (χ3n) is 3.84. The first-order valence-corrected chi connectivity index (χ1v) is 8.87. The fraction of sp³-hybridized carbons (Fsp3) is 0.333. The topological polar surface area (TPSA) is 101 Å². The van der Waals surface area contributed by atoms with Crippen LogP contribution in [0.15, 0.2) is 40.6 Å². The van der Waals surface area contributed by atoms with Crippen LogP contribution in [0.5, 0.6) is 0 Å². The van der Waals surface area contributed by atoms with E-state index < -0.39 is 0 Å². The summed E-state index contributed by atoms with van der Waals surface area (Å²) in [6, 6.07) is 10.3. The summed E-state index contributed by atoms with van der Waals surface area (Å²) in [5.74, 6) is 0.0636. The van der Waals surface area contributed by atoms with Crippen LogP contribution in [0.4, 0.5) is 15.7 Å². The van der Waals surface area contributed by atoms with E-state index in [4.69, 9.17) is 15.7 Å². The number of azo groups is 1. The molecule has 7 heteroatoms. The molecule has 2 aromatic rings. The van der Waals surface area contributed by atoms with Crippen molar-refractivity contribution in [1.82, 2.24) is 0 Å². The lowest BCUT2D eigenvalue weighted by Crippen LogP contribution is -2.13. The number of thiophene rings is 1. The van der Waals surface area contributed by atoms with Crippen molar-refractivity contribution in [3.05, 3.63) is 41.5 Å². The van der Waals surface area contributed by atoms with Crippen LogP contribution in [0.2, 0.25) is 0 Å². The highest BCUT2D eigenvalue weighted by molar-refractivity contribution is 7.19. The van der Waals surface area contributed by atoms with Gasteiger partial charge in [0.2, 0.25) is 0 Å². The standard InChI is InChI=1S/C18H20N4O2S/c1-3-12(4-2)11-24-18(23)13-5-7-15(8-6-13)21-22-16-9-14(10-19)17(20)25-16/h5-9,12H,3-4,11,20H2,1-2H3. The van der Waals surface area contributed by atoms with E-state index in [9.17, 15) is 4.79 Å². The molecule has 1 heterocycles. The van der Waals surface area contributed by atoms with Gasteiger partial charge in [-0.15, -0.1) is 10.2 Å². The summed E-state index contributed by atoms with van der Waals surface area (Å²) in [5.41, 5.74) is 7.17. The molecule has 0 atom stereocenters. The van der Waals surface area contributed by atoms with Gasteiger partial charge in [-0.1, -0.05) is 38.0 Å². The maximum Gasteiger partial charge on any atom is 0.338 e. The molecular weight excluding hydrogens is 336 g/mol. The zero-order valence-electron chi connectivity index (χ0n) is 14.2. The van der Waals surface area contributed by atoms with E-state index in [2.05, 4.69) is 24.1 Å². The van der Waals surface area contributed by atoms with Gasteiger partial charge in [-0.25, -0.2) is 4.79 Å². The Hall–Kier alpha value is -2.72. The Morgan fingerprint density at radius 2 is 1.96 bits per heavy atom. The van der Waals surface area contributed by atoms with Crippen molar-refractivity contribution in [1.29, 1.82) is 5.26 Å². The van der Waals surface area contributed by atoms with Gasteiger partial charge in [0.1, 0.15) is 16.1 Å². The van der Waals surface area contributed by atoms with Gasteiger partial charge in [0.05, 0.1) is 23.4 Å². The van der Waals surface area contributed by atoms with Crippen LogP contribution in [0.3, 0.4) is 0 Å². The van der Waals surface area contributed by atoms with Gasteiger partial charge in [-0.2, -0.15) is 5.26 Å². The molecule has 0 amide bonds. The number of carbonyl (C=O) groups excluding carboxylic acids is 1. The molecule has 0 bridgehead atoms. The Morgan fingerprint density at radius 1 is 1.28 bits per heavy atom. The van der Waals surface area contributed by atoms with Gasteiger partial charge in [0.25, 0.3) is 0 Å². The molecule has 6 nitrogen and oxygen atoms in total. The fourth-order valence-corrected chi connectivity index (χ4v) is 2.80. The number of benzene rings is 1. The molecule has 130 valence electrons. The van der Waals surface area contributed by atoms with Crippen LogP contribution in [-0.2, 0) is 4.74 Å². The second kappa shape index (κ2) is 8.94. The first-order valence-electron chi connectivity index (χ1n) is 8.05. The number of hydrogen-bond acceptors (Lipinski definition) is 7. The largest absolute Gasteiger partial charge is 0.462 e. The average Bonchev–Trinajstić information content (AvgIpc) is 3.01. The van der Waals surface area contributed by atoms with Crippen LogP contribution >= 0.6 is 11.3 Å². The number of nitrogens with zero attached hydrogens (tertiary/aromatic N) is 3. The minimum Gasteiger partial charge on any atom is -0.462 e. The Balaban J connectivity index is 1.98. The monoisotopic (exact) mass is 356 g/mol. The van der Waals surface area contributed by atoms with Crippen LogP contribution in [0.25, 0.3) is 0 Å². The lowest BCUT2D eigenvalue weighted by Gasteiger charge is -2.12. The predicted octanol–water partition coefficient (Wildman–Crippen LogP) is 5.21. The van der Waals surface area contributed by atoms with Crippen LogP contribution in [0, 0.1) is 17.2 Å². The molecule has 0 aliphatic heterocycles. The van der Waals surface area contributed by atoms with Gasteiger partial charge in [0.15, 0.2) is 0 Å². The Kier molecular flexibility index (Phi) is 6.66. The van der Waals surface area contributed by atoms with E-state index in [-0.39, 0.29) is 5.97 Å². The summed E-state index contributed by atoms with van der Waals surface area (Å²) in [6.07, 6.45) is 1.98. The fourth-order valence-electron chi connectivity index (χ4n) is 2.10. The molecule has 25 heavy (non-hydrogen) atoms. The molecule has 0 aliphatic carbocycles. The van der Waals surface area contributed by atoms with Crippen molar-refractivity contribution in [2.24, 2.45) is 16.1 Å². The second-order valence-electron chi connectivity index (χ2n) is 5.50. The summed E-state index contributed by atoms with van der Waals surface area (Å²) in [7, 11) is 0. The molecule has 0 saturated carbocycles. The summed E-state index contributed by atoms with van der Waals surface area (Å²) in [5, 5.41) is 18.0. The molecule has 0 saturated heterocycles.